The molecule has 0 bridgehead atoms. The zero-order valence-corrected chi connectivity index (χ0v) is 6.59. The maximum atomic E-state index is 11.4. The Bertz CT molecular complexity index is 225. The first-order valence-corrected chi connectivity index (χ1v) is 4.46. The fourth-order valence-corrected chi connectivity index (χ4v) is 0.620. The Labute approximate surface area is 64.7 Å². The van der Waals surface area contributed by atoms with Crippen LogP contribution < -0.4 is 0 Å². The van der Waals surface area contributed by atoms with Crippen molar-refractivity contribution in [1.29, 1.82) is 0 Å². The van der Waals surface area contributed by atoms with Gasteiger partial charge in [0.25, 0.3) is 0 Å². The van der Waals surface area contributed by atoms with Crippen LogP contribution >= 0.6 is 10.2 Å². The SMILES string of the molecule is COC(=O)C=CS(F)(F)(F)(F)F. The summed E-state index contributed by atoms with van der Waals surface area (Å²) in [5.41, 5.74) is 0. The van der Waals surface area contributed by atoms with Crippen molar-refractivity contribution in [3.63, 3.8) is 0 Å². The van der Waals surface area contributed by atoms with Gasteiger partial charge in [0.15, 0.2) is 0 Å². The zero-order valence-electron chi connectivity index (χ0n) is 5.77. The minimum Gasteiger partial charge on any atom is -0.466 e. The summed E-state index contributed by atoms with van der Waals surface area (Å²) in [6.45, 7) is 0. The van der Waals surface area contributed by atoms with Gasteiger partial charge in [0.1, 0.15) is 0 Å². The van der Waals surface area contributed by atoms with E-state index in [0.717, 1.165) is 7.11 Å². The molecule has 0 aromatic heterocycles. The molecule has 0 atom stereocenters. The molecule has 0 saturated carbocycles. The van der Waals surface area contributed by atoms with Crippen LogP contribution in [-0.4, -0.2) is 13.1 Å². The zero-order chi connectivity index (χ0) is 10.1. The Balaban J connectivity index is 4.69. The molecule has 0 unspecified atom stereocenters. The maximum Gasteiger partial charge on any atom is 0.331 e. The summed E-state index contributed by atoms with van der Waals surface area (Å²) in [6, 6.07) is 0. The van der Waals surface area contributed by atoms with Crippen molar-refractivity contribution < 1.29 is 29.0 Å². The summed E-state index contributed by atoms with van der Waals surface area (Å²) in [4.78, 5) is 10.0. The molecule has 0 rings (SSSR count). The summed E-state index contributed by atoms with van der Waals surface area (Å²) in [5, 5.41) is -1.36. The summed E-state index contributed by atoms with van der Waals surface area (Å²) in [7, 11) is -8.83. The second-order valence-electron chi connectivity index (χ2n) is 1.85. The molecule has 0 fully saturated rings. The van der Waals surface area contributed by atoms with Crippen molar-refractivity contribution in [2.45, 2.75) is 0 Å². The number of esters is 1. The van der Waals surface area contributed by atoms with E-state index in [4.69, 9.17) is 0 Å². The lowest BCUT2D eigenvalue weighted by atomic mass is 10.7. The van der Waals surface area contributed by atoms with E-state index < -0.39 is 21.6 Å². The van der Waals surface area contributed by atoms with Gasteiger partial charge in [0.2, 0.25) is 0 Å². The van der Waals surface area contributed by atoms with E-state index in [2.05, 4.69) is 4.74 Å². The quantitative estimate of drug-likeness (QED) is 0.399. The molecule has 0 amide bonds. The molecule has 74 valence electrons. The molecule has 0 saturated heterocycles. The number of carbonyl (C=O) groups excluding carboxylic acids is 1. The first-order valence-electron chi connectivity index (χ1n) is 2.45. The van der Waals surface area contributed by atoms with E-state index in [1.54, 1.807) is 0 Å². The first-order chi connectivity index (χ1) is 4.93. The average molecular weight is 212 g/mol. The van der Waals surface area contributed by atoms with Crippen molar-refractivity contribution >= 4 is 16.2 Å². The van der Waals surface area contributed by atoms with Crippen molar-refractivity contribution in [2.24, 2.45) is 0 Å². The molecule has 0 radical (unpaired) electrons. The monoisotopic (exact) mass is 212 g/mol. The third kappa shape index (κ3) is 7.32. The Kier molecular flexibility index (Phi) is 1.98. The van der Waals surface area contributed by atoms with E-state index in [0.29, 0.717) is 0 Å². The topological polar surface area (TPSA) is 26.3 Å². The lowest BCUT2D eigenvalue weighted by Gasteiger charge is -2.36. The largest absolute Gasteiger partial charge is 0.466 e. The summed E-state index contributed by atoms with van der Waals surface area (Å²) in [6.07, 6.45) is -0.360. The Morgan fingerprint density at radius 3 is 1.92 bits per heavy atom. The standard InChI is InChI=1S/C4H5F5O2S/c1-11-4(10)2-3-12(5,6,7,8)9/h2-3H,1H3. The molecular weight excluding hydrogens is 207 g/mol. The van der Waals surface area contributed by atoms with Crippen molar-refractivity contribution in [2.75, 3.05) is 7.11 Å². The molecular formula is C4H5F5O2S. The Morgan fingerprint density at radius 1 is 1.25 bits per heavy atom. The van der Waals surface area contributed by atoms with E-state index in [1.165, 1.54) is 0 Å². The average Bonchev–Trinajstić information content (AvgIpc) is 1.78. The molecule has 0 aromatic carbocycles. The molecule has 0 aliphatic heterocycles. The molecule has 2 nitrogen and oxygen atoms in total. The van der Waals surface area contributed by atoms with Gasteiger partial charge in [-0.15, -0.1) is 0 Å². The third-order valence-electron chi connectivity index (χ3n) is 0.662. The van der Waals surface area contributed by atoms with Gasteiger partial charge in [-0.3, -0.25) is 0 Å². The molecule has 0 heterocycles. The minimum absolute atomic E-state index is 0.360. The molecule has 0 aromatic rings. The van der Waals surface area contributed by atoms with Gasteiger partial charge < -0.3 is 4.74 Å². The molecule has 0 spiro atoms. The first kappa shape index (κ1) is 11.2. The van der Waals surface area contributed by atoms with Gasteiger partial charge in [0, 0.05) is 6.08 Å². The highest BCUT2D eigenvalue weighted by Crippen LogP contribution is 2.98. The number of methoxy groups -OCH3 is 1. The predicted molar refractivity (Wildman–Crippen MR) is 34.3 cm³/mol. The minimum atomic E-state index is -9.60. The maximum absolute atomic E-state index is 11.4. The number of carbonyl (C=O) groups is 1. The molecule has 8 heteroatoms. The molecule has 0 N–H and O–H groups in total. The van der Waals surface area contributed by atoms with Gasteiger partial charge in [-0.1, -0.05) is 19.4 Å². The lowest BCUT2D eigenvalue weighted by Crippen LogP contribution is -2.02. The predicted octanol–water partition coefficient (Wildman–Crippen LogP) is 2.97. The highest BCUT2D eigenvalue weighted by atomic mass is 32.5. The van der Waals surface area contributed by atoms with Crippen molar-refractivity contribution in [3.05, 3.63) is 11.5 Å². The second kappa shape index (κ2) is 2.12. The highest BCUT2D eigenvalue weighted by Gasteiger charge is 2.60. The highest BCUT2D eigenvalue weighted by molar-refractivity contribution is 8.48. The van der Waals surface area contributed by atoms with E-state index >= 15 is 0 Å². The van der Waals surface area contributed by atoms with Crippen LogP contribution in [0.25, 0.3) is 0 Å². The van der Waals surface area contributed by atoms with Gasteiger partial charge in [0.05, 0.1) is 12.5 Å². The van der Waals surface area contributed by atoms with Gasteiger partial charge in [-0.2, -0.15) is 0 Å². The van der Waals surface area contributed by atoms with Crippen molar-refractivity contribution in [3.8, 4) is 0 Å². The van der Waals surface area contributed by atoms with E-state index in [1.807, 2.05) is 0 Å². The second-order valence-corrected chi connectivity index (χ2v) is 4.18. The fraction of sp³-hybridized carbons (Fsp3) is 0.250. The Morgan fingerprint density at radius 2 is 1.67 bits per heavy atom. The van der Waals surface area contributed by atoms with Crippen LogP contribution in [0.3, 0.4) is 0 Å². The van der Waals surface area contributed by atoms with Crippen LogP contribution in [0.1, 0.15) is 0 Å². The fourth-order valence-electron chi connectivity index (χ4n) is 0.252. The normalized spacial score (nSPS) is 18.5. The number of halogens is 5. The summed E-state index contributed by atoms with van der Waals surface area (Å²) < 4.78 is 60.8. The van der Waals surface area contributed by atoms with Crippen LogP contribution in [0.15, 0.2) is 11.5 Å². The van der Waals surface area contributed by atoms with Crippen LogP contribution in [0, 0.1) is 0 Å². The van der Waals surface area contributed by atoms with Crippen LogP contribution in [-0.2, 0) is 9.53 Å². The van der Waals surface area contributed by atoms with Crippen LogP contribution in [0.2, 0.25) is 0 Å². The van der Waals surface area contributed by atoms with E-state index in [9.17, 15) is 24.2 Å². The van der Waals surface area contributed by atoms with Crippen molar-refractivity contribution in [1.82, 2.24) is 0 Å². The lowest BCUT2D eigenvalue weighted by molar-refractivity contribution is -0.134. The summed E-state index contributed by atoms with van der Waals surface area (Å²) in [5.74, 6) is -1.48. The van der Waals surface area contributed by atoms with Crippen LogP contribution in [0.4, 0.5) is 19.4 Å². The number of hydrogen-bond acceptors (Lipinski definition) is 2. The summed E-state index contributed by atoms with van der Waals surface area (Å²) >= 11 is 0. The molecule has 0 aliphatic carbocycles. The van der Waals surface area contributed by atoms with Crippen LogP contribution in [0.5, 0.6) is 0 Å². The Hall–Kier alpha value is -0.790. The van der Waals surface area contributed by atoms with Gasteiger partial charge in [-0.25, -0.2) is 4.79 Å². The molecule has 12 heavy (non-hydrogen) atoms. The number of hydrogen-bond donors (Lipinski definition) is 0. The van der Waals surface area contributed by atoms with Gasteiger partial charge in [-0.05, 0) is 0 Å². The number of ether oxygens (including phenoxy) is 1. The molecule has 0 aliphatic rings. The van der Waals surface area contributed by atoms with Gasteiger partial charge >= 0.3 is 16.2 Å². The smallest absolute Gasteiger partial charge is 0.331 e. The third-order valence-corrected chi connectivity index (χ3v) is 1.31. The van der Waals surface area contributed by atoms with E-state index in [-0.39, 0.29) is 6.08 Å². The number of rotatable bonds is 2.